The van der Waals surface area contributed by atoms with Gasteiger partial charge >= 0.3 is 0 Å². The molecule has 0 amide bonds. The van der Waals surface area contributed by atoms with Gasteiger partial charge in [0.2, 0.25) is 0 Å². The minimum atomic E-state index is 0.432. The van der Waals surface area contributed by atoms with Crippen molar-refractivity contribution in [3.8, 4) is 6.07 Å². The molecule has 2 rings (SSSR count). The second-order valence-electron chi connectivity index (χ2n) is 5.33. The Labute approximate surface area is 121 Å². The first-order valence-electron chi connectivity index (χ1n) is 7.39. The van der Waals surface area contributed by atoms with E-state index in [-0.39, 0.29) is 0 Å². The molecule has 2 aromatic rings. The van der Waals surface area contributed by atoms with Crippen LogP contribution in [0.4, 0.5) is 5.69 Å². The van der Waals surface area contributed by atoms with Gasteiger partial charge in [-0.15, -0.1) is 0 Å². The van der Waals surface area contributed by atoms with Gasteiger partial charge in [0.05, 0.1) is 11.6 Å². The molecule has 0 heterocycles. The summed E-state index contributed by atoms with van der Waals surface area (Å²) in [6, 6.07) is 14.7. The molecule has 0 aliphatic heterocycles. The Bertz CT molecular complexity index is 621. The first-order valence-corrected chi connectivity index (χ1v) is 7.39. The highest BCUT2D eigenvalue weighted by molar-refractivity contribution is 5.97. The Hall–Kier alpha value is -2.01. The van der Waals surface area contributed by atoms with Gasteiger partial charge in [0.15, 0.2) is 0 Å². The first kappa shape index (κ1) is 14.4. The summed E-state index contributed by atoms with van der Waals surface area (Å²) >= 11 is 0. The maximum atomic E-state index is 9.20. The average molecular weight is 266 g/mol. The topological polar surface area (TPSA) is 35.8 Å². The molecule has 1 atom stereocenters. The van der Waals surface area contributed by atoms with E-state index in [9.17, 15) is 5.26 Å². The number of nitrogens with zero attached hydrogens (tertiary/aromatic N) is 1. The van der Waals surface area contributed by atoms with Gasteiger partial charge in [0.25, 0.3) is 0 Å². The van der Waals surface area contributed by atoms with Crippen molar-refractivity contribution in [3.05, 3.63) is 42.0 Å². The smallest absolute Gasteiger partial charge is 0.0998 e. The highest BCUT2D eigenvalue weighted by Gasteiger charge is 2.14. The molecule has 0 aliphatic carbocycles. The maximum absolute atomic E-state index is 9.20. The van der Waals surface area contributed by atoms with Crippen LogP contribution in [-0.2, 0) is 0 Å². The molecule has 0 fully saturated rings. The highest BCUT2D eigenvalue weighted by Crippen LogP contribution is 2.28. The molecule has 1 N–H and O–H groups in total. The largest absolute Gasteiger partial charge is 0.382 e. The third-order valence-electron chi connectivity index (χ3n) is 4.18. The van der Waals surface area contributed by atoms with Crippen LogP contribution in [0.5, 0.6) is 0 Å². The number of rotatable bonds is 5. The molecule has 2 aromatic carbocycles. The predicted molar refractivity (Wildman–Crippen MR) is 85.8 cm³/mol. The summed E-state index contributed by atoms with van der Waals surface area (Å²) in [5.41, 5.74) is 1.86. The van der Waals surface area contributed by atoms with Crippen molar-refractivity contribution in [2.75, 3.05) is 5.32 Å². The number of hydrogen-bond donors (Lipinski definition) is 1. The van der Waals surface area contributed by atoms with Crippen molar-refractivity contribution >= 4 is 16.5 Å². The van der Waals surface area contributed by atoms with Crippen molar-refractivity contribution in [1.29, 1.82) is 5.26 Å². The predicted octanol–water partition coefficient (Wildman–Crippen LogP) is 4.95. The first-order chi connectivity index (χ1) is 9.71. The fourth-order valence-corrected chi connectivity index (χ4v) is 2.88. The Kier molecular flexibility index (Phi) is 4.63. The Balaban J connectivity index is 2.39. The van der Waals surface area contributed by atoms with Crippen LogP contribution in [0.2, 0.25) is 0 Å². The Morgan fingerprint density at radius 2 is 1.70 bits per heavy atom. The summed E-state index contributed by atoms with van der Waals surface area (Å²) in [6.45, 7) is 6.72. The molecule has 0 aromatic heterocycles. The van der Waals surface area contributed by atoms with E-state index in [0.29, 0.717) is 12.0 Å². The minimum Gasteiger partial charge on any atom is -0.382 e. The number of fused-ring (bicyclic) bond motifs is 1. The molecular weight excluding hydrogens is 244 g/mol. The third-order valence-corrected chi connectivity index (χ3v) is 4.18. The molecule has 0 radical (unpaired) electrons. The summed E-state index contributed by atoms with van der Waals surface area (Å²) in [6.07, 6.45) is 2.36. The van der Waals surface area contributed by atoms with Crippen LogP contribution in [0, 0.1) is 17.2 Å². The number of hydrogen-bond acceptors (Lipinski definition) is 2. The quantitative estimate of drug-likeness (QED) is 0.831. The van der Waals surface area contributed by atoms with Gasteiger partial charge in [0.1, 0.15) is 0 Å². The van der Waals surface area contributed by atoms with E-state index in [4.69, 9.17) is 0 Å². The summed E-state index contributed by atoms with van der Waals surface area (Å²) < 4.78 is 0. The number of nitriles is 1. The van der Waals surface area contributed by atoms with Crippen LogP contribution in [0.3, 0.4) is 0 Å². The van der Waals surface area contributed by atoms with Crippen LogP contribution in [0.1, 0.15) is 39.2 Å². The van der Waals surface area contributed by atoms with Crippen LogP contribution < -0.4 is 5.32 Å². The zero-order valence-electron chi connectivity index (χ0n) is 12.5. The second-order valence-corrected chi connectivity index (χ2v) is 5.33. The third kappa shape index (κ3) is 2.77. The number of anilines is 1. The molecule has 104 valence electrons. The SMILES string of the molecule is CCC(CC)C(C)Nc1ccc(C#N)c2ccccc12. The molecule has 0 saturated carbocycles. The molecule has 0 bridgehead atoms. The fourth-order valence-electron chi connectivity index (χ4n) is 2.88. The fraction of sp³-hybridized carbons (Fsp3) is 0.389. The molecule has 2 heteroatoms. The van der Waals surface area contributed by atoms with Gasteiger partial charge in [-0.05, 0) is 25.0 Å². The van der Waals surface area contributed by atoms with E-state index in [1.165, 1.54) is 12.8 Å². The van der Waals surface area contributed by atoms with E-state index in [1.54, 1.807) is 0 Å². The molecule has 2 nitrogen and oxygen atoms in total. The van der Waals surface area contributed by atoms with Gasteiger partial charge in [-0.2, -0.15) is 5.26 Å². The Morgan fingerprint density at radius 1 is 1.05 bits per heavy atom. The van der Waals surface area contributed by atoms with E-state index >= 15 is 0 Å². The molecule has 0 aliphatic rings. The van der Waals surface area contributed by atoms with Gasteiger partial charge in [-0.3, -0.25) is 0 Å². The van der Waals surface area contributed by atoms with E-state index in [2.05, 4.69) is 38.2 Å². The van der Waals surface area contributed by atoms with Gasteiger partial charge in [-0.25, -0.2) is 0 Å². The lowest BCUT2D eigenvalue weighted by Gasteiger charge is -2.24. The standard InChI is InChI=1S/C18H22N2/c1-4-14(5-2)13(3)20-18-11-10-15(12-19)16-8-6-7-9-17(16)18/h6-11,13-14,20H,4-5H2,1-3H3. The minimum absolute atomic E-state index is 0.432. The van der Waals surface area contributed by atoms with Crippen molar-refractivity contribution in [2.24, 2.45) is 5.92 Å². The van der Waals surface area contributed by atoms with Crippen molar-refractivity contribution in [3.63, 3.8) is 0 Å². The molecule has 20 heavy (non-hydrogen) atoms. The normalized spacial score (nSPS) is 12.3. The Morgan fingerprint density at radius 3 is 2.30 bits per heavy atom. The lowest BCUT2D eigenvalue weighted by atomic mass is 9.94. The summed E-state index contributed by atoms with van der Waals surface area (Å²) in [7, 11) is 0. The molecule has 1 unspecified atom stereocenters. The van der Waals surface area contributed by atoms with E-state index < -0.39 is 0 Å². The van der Waals surface area contributed by atoms with Gasteiger partial charge in [0, 0.05) is 22.5 Å². The van der Waals surface area contributed by atoms with Crippen LogP contribution in [0.25, 0.3) is 10.8 Å². The van der Waals surface area contributed by atoms with Crippen molar-refractivity contribution < 1.29 is 0 Å². The maximum Gasteiger partial charge on any atom is 0.0998 e. The molecular formula is C18H22N2. The van der Waals surface area contributed by atoms with E-state index in [1.807, 2.05) is 30.3 Å². The number of nitrogens with one attached hydrogen (secondary N) is 1. The van der Waals surface area contributed by atoms with Gasteiger partial charge in [-0.1, -0.05) is 51.0 Å². The monoisotopic (exact) mass is 266 g/mol. The lowest BCUT2D eigenvalue weighted by molar-refractivity contribution is 0.438. The average Bonchev–Trinajstić information content (AvgIpc) is 2.49. The lowest BCUT2D eigenvalue weighted by Crippen LogP contribution is -2.25. The van der Waals surface area contributed by atoms with Crippen molar-refractivity contribution in [1.82, 2.24) is 0 Å². The molecule has 0 saturated heterocycles. The number of benzene rings is 2. The van der Waals surface area contributed by atoms with Crippen molar-refractivity contribution in [2.45, 2.75) is 39.7 Å². The van der Waals surface area contributed by atoms with E-state index in [0.717, 1.165) is 22.0 Å². The van der Waals surface area contributed by atoms with Gasteiger partial charge < -0.3 is 5.32 Å². The zero-order chi connectivity index (χ0) is 14.5. The van der Waals surface area contributed by atoms with Crippen LogP contribution in [0.15, 0.2) is 36.4 Å². The zero-order valence-corrected chi connectivity index (χ0v) is 12.5. The van der Waals surface area contributed by atoms with Crippen LogP contribution >= 0.6 is 0 Å². The van der Waals surface area contributed by atoms with Crippen LogP contribution in [-0.4, -0.2) is 6.04 Å². The molecule has 0 spiro atoms. The summed E-state index contributed by atoms with van der Waals surface area (Å²) in [4.78, 5) is 0. The second kappa shape index (κ2) is 6.43. The highest BCUT2D eigenvalue weighted by atomic mass is 14.9. The summed E-state index contributed by atoms with van der Waals surface area (Å²) in [5.74, 6) is 0.671. The summed E-state index contributed by atoms with van der Waals surface area (Å²) in [5, 5.41) is 15.0.